The molecular weight excluding hydrogens is 238 g/mol. The summed E-state index contributed by atoms with van der Waals surface area (Å²) in [5.74, 6) is -0.0199. The zero-order valence-electron chi connectivity index (χ0n) is 12.0. The molecule has 1 amide bonds. The lowest BCUT2D eigenvalue weighted by molar-refractivity contribution is -0.117. The third kappa shape index (κ3) is 2.89. The molecule has 0 bridgehead atoms. The Labute approximate surface area is 115 Å². The van der Waals surface area contributed by atoms with Gasteiger partial charge in [-0.05, 0) is 29.5 Å². The number of carbonyl (C=O) groups excluding carboxylic acids is 1. The second-order valence-corrected chi connectivity index (χ2v) is 6.01. The number of fused-ring (bicyclic) bond motifs is 1. The van der Waals surface area contributed by atoms with Crippen molar-refractivity contribution in [3.8, 4) is 0 Å². The topological polar surface area (TPSA) is 58.4 Å². The Kier molecular flexibility index (Phi) is 3.80. The van der Waals surface area contributed by atoms with Gasteiger partial charge in [-0.2, -0.15) is 0 Å². The predicted molar refractivity (Wildman–Crippen MR) is 79.7 cm³/mol. The molecule has 1 aromatic rings. The van der Waals surface area contributed by atoms with E-state index in [9.17, 15) is 4.79 Å². The van der Waals surface area contributed by atoms with Crippen LogP contribution in [0.25, 0.3) is 0 Å². The van der Waals surface area contributed by atoms with Gasteiger partial charge in [0, 0.05) is 13.1 Å². The van der Waals surface area contributed by atoms with Gasteiger partial charge < -0.3 is 16.0 Å². The van der Waals surface area contributed by atoms with Crippen molar-refractivity contribution in [3.05, 3.63) is 23.8 Å². The molecule has 0 aliphatic carbocycles. The van der Waals surface area contributed by atoms with Crippen molar-refractivity contribution in [1.29, 1.82) is 0 Å². The maximum absolute atomic E-state index is 11.9. The molecule has 0 atom stereocenters. The fourth-order valence-electron chi connectivity index (χ4n) is 2.33. The van der Waals surface area contributed by atoms with Crippen molar-refractivity contribution in [2.24, 2.45) is 5.73 Å². The van der Waals surface area contributed by atoms with E-state index in [1.165, 1.54) is 5.56 Å². The number of rotatable bonds is 1. The highest BCUT2D eigenvalue weighted by atomic mass is 16.2. The molecule has 1 aromatic carbocycles. The van der Waals surface area contributed by atoms with Gasteiger partial charge in [0.1, 0.15) is 0 Å². The average Bonchev–Trinajstić information content (AvgIpc) is 2.58. The number of hydrogen-bond donors (Lipinski definition) is 2. The quantitative estimate of drug-likeness (QED) is 0.814. The van der Waals surface area contributed by atoms with E-state index >= 15 is 0 Å². The van der Waals surface area contributed by atoms with E-state index < -0.39 is 0 Å². The van der Waals surface area contributed by atoms with Crippen molar-refractivity contribution in [2.45, 2.75) is 32.6 Å². The summed E-state index contributed by atoms with van der Waals surface area (Å²) in [6.45, 7) is 8.23. The summed E-state index contributed by atoms with van der Waals surface area (Å²) in [6, 6.07) is 6.28. The molecule has 0 unspecified atom stereocenters. The van der Waals surface area contributed by atoms with Crippen LogP contribution in [-0.4, -0.2) is 25.5 Å². The summed E-state index contributed by atoms with van der Waals surface area (Å²) in [7, 11) is 0. The Bertz CT molecular complexity index is 477. The number of nitrogens with one attached hydrogen (secondary N) is 1. The maximum atomic E-state index is 11.9. The van der Waals surface area contributed by atoms with Gasteiger partial charge in [-0.1, -0.05) is 26.8 Å². The first kappa shape index (κ1) is 13.9. The number of benzene rings is 1. The number of carbonyl (C=O) groups is 1. The Morgan fingerprint density at radius 1 is 1.42 bits per heavy atom. The Morgan fingerprint density at radius 2 is 2.16 bits per heavy atom. The van der Waals surface area contributed by atoms with Crippen LogP contribution in [0, 0.1) is 0 Å². The molecule has 4 heteroatoms. The molecule has 1 heterocycles. The van der Waals surface area contributed by atoms with Gasteiger partial charge in [0.2, 0.25) is 5.91 Å². The lowest BCUT2D eigenvalue weighted by atomic mass is 9.86. The largest absolute Gasteiger partial charge is 0.383 e. The fourth-order valence-corrected chi connectivity index (χ4v) is 2.33. The molecule has 0 spiro atoms. The Balaban J connectivity index is 2.43. The monoisotopic (exact) mass is 261 g/mol. The summed E-state index contributed by atoms with van der Waals surface area (Å²) >= 11 is 0. The van der Waals surface area contributed by atoms with E-state index in [-0.39, 0.29) is 17.9 Å². The highest BCUT2D eigenvalue weighted by Gasteiger charge is 2.22. The molecule has 0 radical (unpaired) electrons. The van der Waals surface area contributed by atoms with Crippen LogP contribution in [0.5, 0.6) is 0 Å². The molecule has 0 saturated carbocycles. The van der Waals surface area contributed by atoms with E-state index in [1.807, 2.05) is 6.07 Å². The molecule has 4 nitrogen and oxygen atoms in total. The van der Waals surface area contributed by atoms with Crippen molar-refractivity contribution in [1.82, 2.24) is 0 Å². The molecule has 1 aliphatic rings. The standard InChI is InChI=1S/C15H23N3O/c1-15(2,3)11-5-6-13-12(9-11)17-7-4-8-18(13)14(19)10-16/h5-6,9,17H,4,7-8,10,16H2,1-3H3. The SMILES string of the molecule is CC(C)(C)c1ccc2c(c1)NCCCN2C(=O)CN. The first-order valence-corrected chi connectivity index (χ1v) is 6.82. The van der Waals surface area contributed by atoms with E-state index in [0.29, 0.717) is 0 Å². The van der Waals surface area contributed by atoms with Gasteiger partial charge in [0.15, 0.2) is 0 Å². The third-order valence-corrected chi connectivity index (χ3v) is 3.50. The second kappa shape index (κ2) is 5.21. The number of nitrogens with two attached hydrogens (primary N) is 1. The minimum Gasteiger partial charge on any atom is -0.383 e. The maximum Gasteiger partial charge on any atom is 0.240 e. The summed E-state index contributed by atoms with van der Waals surface area (Å²) in [6.07, 6.45) is 0.936. The van der Waals surface area contributed by atoms with E-state index in [0.717, 1.165) is 30.9 Å². The zero-order valence-corrected chi connectivity index (χ0v) is 12.0. The normalized spacial score (nSPS) is 15.5. The molecule has 3 N–H and O–H groups in total. The molecule has 0 fully saturated rings. The number of amides is 1. The van der Waals surface area contributed by atoms with Crippen LogP contribution in [-0.2, 0) is 10.2 Å². The highest BCUT2D eigenvalue weighted by molar-refractivity contribution is 5.98. The highest BCUT2D eigenvalue weighted by Crippen LogP contribution is 2.33. The van der Waals surface area contributed by atoms with Crippen LogP contribution >= 0.6 is 0 Å². The lowest BCUT2D eigenvalue weighted by Crippen LogP contribution is -2.36. The molecule has 104 valence electrons. The minimum atomic E-state index is -0.0199. The van der Waals surface area contributed by atoms with Gasteiger partial charge >= 0.3 is 0 Å². The molecule has 2 rings (SSSR count). The molecule has 1 aliphatic heterocycles. The number of nitrogens with zero attached hydrogens (tertiary/aromatic N) is 1. The third-order valence-electron chi connectivity index (χ3n) is 3.50. The second-order valence-electron chi connectivity index (χ2n) is 6.01. The Hall–Kier alpha value is -1.55. The first-order chi connectivity index (χ1) is 8.93. The van der Waals surface area contributed by atoms with E-state index in [2.05, 4.69) is 38.2 Å². The molecule has 0 aromatic heterocycles. The van der Waals surface area contributed by atoms with Crippen LogP contribution in [0.4, 0.5) is 11.4 Å². The van der Waals surface area contributed by atoms with Gasteiger partial charge in [0.05, 0.1) is 17.9 Å². The van der Waals surface area contributed by atoms with Crippen LogP contribution in [0.15, 0.2) is 18.2 Å². The molecule has 0 saturated heterocycles. The lowest BCUT2D eigenvalue weighted by Gasteiger charge is -2.25. The number of hydrogen-bond acceptors (Lipinski definition) is 3. The number of anilines is 2. The van der Waals surface area contributed by atoms with Gasteiger partial charge in [-0.25, -0.2) is 0 Å². The van der Waals surface area contributed by atoms with Crippen molar-refractivity contribution in [3.63, 3.8) is 0 Å². The van der Waals surface area contributed by atoms with Crippen molar-refractivity contribution in [2.75, 3.05) is 29.9 Å². The predicted octanol–water partition coefficient (Wildman–Crippen LogP) is 2.09. The molecule has 19 heavy (non-hydrogen) atoms. The van der Waals surface area contributed by atoms with Crippen molar-refractivity contribution < 1.29 is 4.79 Å². The van der Waals surface area contributed by atoms with Crippen LogP contribution in [0.1, 0.15) is 32.8 Å². The van der Waals surface area contributed by atoms with Gasteiger partial charge in [0.25, 0.3) is 0 Å². The smallest absolute Gasteiger partial charge is 0.240 e. The average molecular weight is 261 g/mol. The van der Waals surface area contributed by atoms with E-state index in [1.54, 1.807) is 4.90 Å². The summed E-state index contributed by atoms with van der Waals surface area (Å²) < 4.78 is 0. The summed E-state index contributed by atoms with van der Waals surface area (Å²) in [4.78, 5) is 13.7. The van der Waals surface area contributed by atoms with Crippen LogP contribution in [0.2, 0.25) is 0 Å². The fraction of sp³-hybridized carbons (Fsp3) is 0.533. The van der Waals surface area contributed by atoms with Gasteiger partial charge in [-0.15, -0.1) is 0 Å². The summed E-state index contributed by atoms with van der Waals surface area (Å²) in [5, 5.41) is 3.41. The van der Waals surface area contributed by atoms with Crippen LogP contribution < -0.4 is 16.0 Å². The van der Waals surface area contributed by atoms with Crippen LogP contribution in [0.3, 0.4) is 0 Å². The van der Waals surface area contributed by atoms with Crippen molar-refractivity contribution >= 4 is 17.3 Å². The summed E-state index contributed by atoms with van der Waals surface area (Å²) in [5.41, 5.74) is 8.85. The Morgan fingerprint density at radius 3 is 2.79 bits per heavy atom. The first-order valence-electron chi connectivity index (χ1n) is 6.82. The van der Waals surface area contributed by atoms with E-state index in [4.69, 9.17) is 5.73 Å². The minimum absolute atomic E-state index is 0.0199. The van der Waals surface area contributed by atoms with Gasteiger partial charge in [-0.3, -0.25) is 4.79 Å². The zero-order chi connectivity index (χ0) is 14.0. The molecular formula is C15H23N3O.